The highest BCUT2D eigenvalue weighted by Crippen LogP contribution is 2.39. The normalized spacial score (nSPS) is 17.8. The van der Waals surface area contributed by atoms with Gasteiger partial charge in [0.2, 0.25) is 0 Å². The summed E-state index contributed by atoms with van der Waals surface area (Å²) in [7, 11) is 0. The lowest BCUT2D eigenvalue weighted by atomic mass is 9.98. The number of fused-ring (bicyclic) bond motifs is 2. The maximum absolute atomic E-state index is 12.3. The molecule has 4 aromatic heterocycles. The summed E-state index contributed by atoms with van der Waals surface area (Å²) in [5, 5.41) is 6.23. The largest absolute Gasteiger partial charge is 0.285 e. The first-order chi connectivity index (χ1) is 12.3. The van der Waals surface area contributed by atoms with Crippen molar-refractivity contribution in [2.75, 3.05) is 6.54 Å². The van der Waals surface area contributed by atoms with Crippen LogP contribution in [0.2, 0.25) is 0 Å². The molecule has 0 aromatic carbocycles. The van der Waals surface area contributed by atoms with Gasteiger partial charge in [-0.15, -0.1) is 34.0 Å². The van der Waals surface area contributed by atoms with E-state index in [1.807, 2.05) is 16.7 Å². The molecule has 4 aromatic rings. The van der Waals surface area contributed by atoms with Gasteiger partial charge in [0, 0.05) is 40.5 Å². The van der Waals surface area contributed by atoms with Crippen LogP contribution in [-0.2, 0) is 13.0 Å². The average Bonchev–Trinajstić information content (AvgIpc) is 3.35. The Morgan fingerprint density at radius 3 is 3.00 bits per heavy atom. The summed E-state index contributed by atoms with van der Waals surface area (Å²) < 4.78 is 1.61. The zero-order chi connectivity index (χ0) is 16.8. The second kappa shape index (κ2) is 6.17. The molecule has 1 atom stereocenters. The molecule has 1 aliphatic heterocycles. The number of hydrogen-bond donors (Lipinski definition) is 0. The number of aromatic nitrogens is 2. The average molecular weight is 386 g/mol. The van der Waals surface area contributed by atoms with Gasteiger partial charge in [0.15, 0.2) is 4.96 Å². The Labute approximate surface area is 156 Å². The Morgan fingerprint density at radius 2 is 2.12 bits per heavy atom. The fourth-order valence-corrected chi connectivity index (χ4v) is 6.01. The highest BCUT2D eigenvalue weighted by atomic mass is 32.1. The lowest BCUT2D eigenvalue weighted by Crippen LogP contribution is -2.35. The van der Waals surface area contributed by atoms with Gasteiger partial charge < -0.3 is 0 Å². The smallest absolute Gasteiger partial charge is 0.258 e. The van der Waals surface area contributed by atoms with Crippen molar-refractivity contribution in [3.8, 4) is 0 Å². The molecule has 0 amide bonds. The molecule has 126 valence electrons. The van der Waals surface area contributed by atoms with Gasteiger partial charge in [0.25, 0.3) is 5.56 Å². The third-order valence-corrected chi connectivity index (χ3v) is 7.28. The fraction of sp³-hybridized carbons (Fsp3) is 0.222. The maximum Gasteiger partial charge on any atom is 0.258 e. The standard InChI is InChI=1S/C18H15N3OS3/c22-16-10-12(19-18-21(16)6-9-25-18)11-20-5-3-14-13(4-8-24-14)17(20)15-2-1-7-23-15/h1-2,4,6-10,17H,3,5,11H2/t17-/m0/s1. The third kappa shape index (κ3) is 2.67. The predicted molar refractivity (Wildman–Crippen MR) is 104 cm³/mol. The molecule has 0 unspecified atom stereocenters. The van der Waals surface area contributed by atoms with E-state index < -0.39 is 0 Å². The highest BCUT2D eigenvalue weighted by Gasteiger charge is 2.30. The van der Waals surface area contributed by atoms with Crippen LogP contribution in [0, 0.1) is 0 Å². The lowest BCUT2D eigenvalue weighted by Gasteiger charge is -2.35. The van der Waals surface area contributed by atoms with Crippen LogP contribution in [-0.4, -0.2) is 20.8 Å². The van der Waals surface area contributed by atoms with Crippen molar-refractivity contribution in [1.82, 2.24) is 14.3 Å². The summed E-state index contributed by atoms with van der Waals surface area (Å²) >= 11 is 5.15. The van der Waals surface area contributed by atoms with Gasteiger partial charge in [-0.1, -0.05) is 6.07 Å². The van der Waals surface area contributed by atoms with Crippen LogP contribution in [0.3, 0.4) is 0 Å². The molecule has 4 nitrogen and oxygen atoms in total. The first kappa shape index (κ1) is 15.5. The number of hydrogen-bond acceptors (Lipinski definition) is 6. The topological polar surface area (TPSA) is 37.6 Å². The molecule has 0 spiro atoms. The van der Waals surface area contributed by atoms with Crippen LogP contribution in [0.1, 0.15) is 27.1 Å². The molecule has 25 heavy (non-hydrogen) atoms. The zero-order valence-electron chi connectivity index (χ0n) is 13.3. The molecule has 0 bridgehead atoms. The van der Waals surface area contributed by atoms with Crippen molar-refractivity contribution in [3.63, 3.8) is 0 Å². The van der Waals surface area contributed by atoms with Crippen LogP contribution >= 0.6 is 34.0 Å². The summed E-state index contributed by atoms with van der Waals surface area (Å²) in [5.74, 6) is 0. The molecule has 5 rings (SSSR count). The molecule has 0 saturated heterocycles. The Hall–Kier alpha value is -1.80. The van der Waals surface area contributed by atoms with Crippen molar-refractivity contribution in [2.24, 2.45) is 0 Å². The monoisotopic (exact) mass is 385 g/mol. The molecule has 0 aliphatic carbocycles. The van der Waals surface area contributed by atoms with E-state index >= 15 is 0 Å². The fourth-order valence-electron chi connectivity index (χ4n) is 3.50. The molecule has 7 heteroatoms. The molecule has 0 saturated carbocycles. The third-order valence-electron chi connectivity index (χ3n) is 4.60. The second-order valence-corrected chi connectivity index (χ2v) is 8.93. The van der Waals surface area contributed by atoms with E-state index in [0.717, 1.165) is 23.6 Å². The van der Waals surface area contributed by atoms with E-state index in [4.69, 9.17) is 4.98 Å². The highest BCUT2D eigenvalue weighted by molar-refractivity contribution is 7.15. The van der Waals surface area contributed by atoms with Crippen LogP contribution in [0.5, 0.6) is 0 Å². The van der Waals surface area contributed by atoms with E-state index in [-0.39, 0.29) is 11.6 Å². The van der Waals surface area contributed by atoms with Crippen LogP contribution in [0.25, 0.3) is 4.96 Å². The predicted octanol–water partition coefficient (Wildman–Crippen LogP) is 4.03. The first-order valence-electron chi connectivity index (χ1n) is 8.09. The Bertz CT molecular complexity index is 1080. The van der Waals surface area contributed by atoms with E-state index in [1.165, 1.54) is 26.7 Å². The molecular weight excluding hydrogens is 370 g/mol. The van der Waals surface area contributed by atoms with E-state index in [1.54, 1.807) is 28.0 Å². The Balaban J connectivity index is 1.54. The molecule has 0 fully saturated rings. The van der Waals surface area contributed by atoms with Crippen LogP contribution in [0.4, 0.5) is 0 Å². The summed E-state index contributed by atoms with van der Waals surface area (Å²) in [6.07, 6.45) is 2.85. The molecule has 1 aliphatic rings. The van der Waals surface area contributed by atoms with Crippen LogP contribution in [0.15, 0.2) is 51.4 Å². The van der Waals surface area contributed by atoms with Crippen molar-refractivity contribution < 1.29 is 0 Å². The molecule has 0 N–H and O–H groups in total. The minimum atomic E-state index is 0.00200. The first-order valence-corrected chi connectivity index (χ1v) is 10.7. The minimum Gasteiger partial charge on any atom is -0.285 e. The van der Waals surface area contributed by atoms with Gasteiger partial charge in [-0.25, -0.2) is 4.98 Å². The molecule has 5 heterocycles. The second-order valence-electron chi connectivity index (χ2n) is 6.08. The summed E-state index contributed by atoms with van der Waals surface area (Å²) in [4.78, 5) is 23.0. The van der Waals surface area contributed by atoms with Gasteiger partial charge in [-0.05, 0) is 34.9 Å². The zero-order valence-corrected chi connectivity index (χ0v) is 15.7. The summed E-state index contributed by atoms with van der Waals surface area (Å²) in [5.41, 5.74) is 2.27. The Morgan fingerprint density at radius 1 is 1.16 bits per heavy atom. The van der Waals surface area contributed by atoms with Gasteiger partial charge in [-0.2, -0.15) is 0 Å². The molecule has 0 radical (unpaired) electrons. The molecular formula is C18H15N3OS3. The van der Waals surface area contributed by atoms with Gasteiger partial charge in [0.1, 0.15) is 0 Å². The van der Waals surface area contributed by atoms with Gasteiger partial charge in [-0.3, -0.25) is 14.1 Å². The number of thiazole rings is 1. The SMILES string of the molecule is O=c1cc(CN2CCc3sccc3[C@H]2c2cccs2)nc2sccn12. The number of rotatable bonds is 3. The maximum atomic E-state index is 12.3. The summed E-state index contributed by atoms with van der Waals surface area (Å²) in [6.45, 7) is 1.68. The van der Waals surface area contributed by atoms with Crippen molar-refractivity contribution in [1.29, 1.82) is 0 Å². The van der Waals surface area contributed by atoms with E-state index in [0.29, 0.717) is 6.54 Å². The number of nitrogens with zero attached hydrogens (tertiary/aromatic N) is 3. The lowest BCUT2D eigenvalue weighted by molar-refractivity contribution is 0.206. The Kier molecular flexibility index (Phi) is 3.82. The van der Waals surface area contributed by atoms with Crippen molar-refractivity contribution in [3.05, 3.63) is 78.0 Å². The van der Waals surface area contributed by atoms with E-state index in [9.17, 15) is 4.79 Å². The number of thiophene rings is 2. The van der Waals surface area contributed by atoms with Crippen molar-refractivity contribution >= 4 is 39.0 Å². The van der Waals surface area contributed by atoms with Gasteiger partial charge in [0.05, 0.1) is 11.7 Å². The van der Waals surface area contributed by atoms with Gasteiger partial charge >= 0.3 is 0 Å². The van der Waals surface area contributed by atoms with E-state index in [2.05, 4.69) is 33.9 Å². The van der Waals surface area contributed by atoms with Crippen LogP contribution < -0.4 is 5.56 Å². The minimum absolute atomic E-state index is 0.00200. The summed E-state index contributed by atoms with van der Waals surface area (Å²) in [6, 6.07) is 8.51. The quantitative estimate of drug-likeness (QED) is 0.534. The van der Waals surface area contributed by atoms with Crippen molar-refractivity contribution in [2.45, 2.75) is 19.0 Å².